The van der Waals surface area contributed by atoms with Gasteiger partial charge >= 0.3 is 0 Å². The van der Waals surface area contributed by atoms with Crippen LogP contribution in [0.5, 0.6) is 0 Å². The summed E-state index contributed by atoms with van der Waals surface area (Å²) in [7, 11) is 1.96. The molecule has 2 fully saturated rings. The number of H-pyrrole nitrogens is 1. The van der Waals surface area contributed by atoms with Gasteiger partial charge in [0.1, 0.15) is 17.7 Å². The molecule has 4 aromatic rings. The van der Waals surface area contributed by atoms with E-state index in [1.54, 1.807) is 10.9 Å². The molecule has 0 radical (unpaired) electrons. The number of ether oxygens (including phenoxy) is 1. The summed E-state index contributed by atoms with van der Waals surface area (Å²) in [4.78, 5) is 19.4. The first-order valence-electron chi connectivity index (χ1n) is 12.5. The number of nitrogens with one attached hydrogen (secondary N) is 1. The fourth-order valence-corrected chi connectivity index (χ4v) is 5.61. The van der Waals surface area contributed by atoms with E-state index in [0.29, 0.717) is 18.7 Å². The van der Waals surface area contributed by atoms with Crippen molar-refractivity contribution in [3.05, 3.63) is 76.4 Å². The number of aromatic amines is 1. The molecule has 0 spiro atoms. The summed E-state index contributed by atoms with van der Waals surface area (Å²) in [5.41, 5.74) is 3.61. The molecule has 35 heavy (non-hydrogen) atoms. The number of aryl methyl sites for hydroxylation is 1. The summed E-state index contributed by atoms with van der Waals surface area (Å²) >= 11 is 0. The Hall–Kier alpha value is -3.23. The largest absolute Gasteiger partial charge is 0.379 e. The highest BCUT2D eigenvalue weighted by Crippen LogP contribution is 2.36. The average molecular weight is 473 g/mol. The molecule has 0 aliphatic carbocycles. The second-order valence-electron chi connectivity index (χ2n) is 10.5. The Morgan fingerprint density at radius 3 is 2.86 bits per heavy atom. The van der Waals surface area contributed by atoms with E-state index in [1.807, 2.05) is 36.0 Å². The lowest BCUT2D eigenvalue weighted by molar-refractivity contribution is -0.0611. The van der Waals surface area contributed by atoms with E-state index in [4.69, 9.17) is 4.74 Å². The van der Waals surface area contributed by atoms with E-state index in [2.05, 4.69) is 45.2 Å². The minimum absolute atomic E-state index is 0.0230. The van der Waals surface area contributed by atoms with Crippen LogP contribution in [0.1, 0.15) is 36.8 Å². The normalized spacial score (nSPS) is 20.2. The number of pyridine rings is 1. The van der Waals surface area contributed by atoms with Gasteiger partial charge in [-0.15, -0.1) is 10.2 Å². The second kappa shape index (κ2) is 8.77. The fourth-order valence-electron chi connectivity index (χ4n) is 5.61. The van der Waals surface area contributed by atoms with Gasteiger partial charge in [-0.05, 0) is 55.1 Å². The highest BCUT2D eigenvalue weighted by molar-refractivity contribution is 5.79. The quantitative estimate of drug-likeness (QED) is 0.466. The first-order valence-corrected chi connectivity index (χ1v) is 12.5. The van der Waals surface area contributed by atoms with Gasteiger partial charge in [-0.2, -0.15) is 0 Å². The smallest absolute Gasteiger partial charge is 0.279 e. The predicted molar refractivity (Wildman–Crippen MR) is 135 cm³/mol. The lowest BCUT2D eigenvalue weighted by Gasteiger charge is -2.41. The number of benzene rings is 1. The highest BCUT2D eigenvalue weighted by atomic mass is 16.5. The van der Waals surface area contributed by atoms with Crippen molar-refractivity contribution in [1.82, 2.24) is 29.2 Å². The topological polar surface area (TPSA) is 81.0 Å². The minimum Gasteiger partial charge on any atom is -0.379 e. The number of piperidine rings is 1. The van der Waals surface area contributed by atoms with Gasteiger partial charge in [0.15, 0.2) is 0 Å². The Bertz CT molecular complexity index is 1410. The van der Waals surface area contributed by atoms with Crippen molar-refractivity contribution in [3.63, 3.8) is 0 Å². The third-order valence-corrected chi connectivity index (χ3v) is 7.67. The molecule has 0 amide bonds. The SMILES string of the molecule is C[C@H]1CCCN(Cc2cc3ccn(-c4cccc(C5(Cc6nncn6C)COC5)c4)c(=O)c3[nH]2)C1. The second-order valence-corrected chi connectivity index (χ2v) is 10.5. The van der Waals surface area contributed by atoms with E-state index in [0.717, 1.165) is 60.1 Å². The summed E-state index contributed by atoms with van der Waals surface area (Å²) in [6.07, 6.45) is 6.91. The van der Waals surface area contributed by atoms with Gasteiger partial charge in [-0.25, -0.2) is 0 Å². The molecule has 2 saturated heterocycles. The van der Waals surface area contributed by atoms with Crippen LogP contribution in [-0.2, 0) is 30.2 Å². The summed E-state index contributed by atoms with van der Waals surface area (Å²) in [5.74, 6) is 1.66. The molecular formula is C27H32N6O2. The van der Waals surface area contributed by atoms with Gasteiger partial charge in [-0.3, -0.25) is 14.3 Å². The number of rotatable bonds is 6. The van der Waals surface area contributed by atoms with Crippen molar-refractivity contribution in [3.8, 4) is 5.69 Å². The number of fused-ring (bicyclic) bond motifs is 1. The van der Waals surface area contributed by atoms with Gasteiger partial charge in [0.2, 0.25) is 0 Å². The standard InChI is InChI=1S/C27H32N6O2/c1-19-5-4-9-32(14-19)15-22-11-20-8-10-33(26(34)25(20)29-22)23-7-3-6-21(12-23)27(16-35-17-27)13-24-30-28-18-31(24)2/h3,6-8,10-12,18-19,29H,4-5,9,13-17H2,1-2H3/t19-/m0/s1. The molecule has 6 rings (SSSR count). The van der Waals surface area contributed by atoms with Crippen LogP contribution in [-0.4, -0.2) is 55.5 Å². The molecule has 0 unspecified atom stereocenters. The maximum Gasteiger partial charge on any atom is 0.279 e. The van der Waals surface area contributed by atoms with E-state index >= 15 is 0 Å². The molecule has 1 N–H and O–H groups in total. The zero-order valence-corrected chi connectivity index (χ0v) is 20.4. The van der Waals surface area contributed by atoms with Crippen LogP contribution < -0.4 is 5.56 Å². The van der Waals surface area contributed by atoms with Crippen molar-refractivity contribution < 1.29 is 4.74 Å². The zero-order valence-electron chi connectivity index (χ0n) is 20.4. The molecule has 2 aliphatic heterocycles. The first-order chi connectivity index (χ1) is 17.0. The molecule has 8 heteroatoms. The molecule has 3 aromatic heterocycles. The van der Waals surface area contributed by atoms with Gasteiger partial charge in [-0.1, -0.05) is 19.1 Å². The van der Waals surface area contributed by atoms with E-state index < -0.39 is 0 Å². The van der Waals surface area contributed by atoms with Crippen LogP contribution in [0.15, 0.2) is 53.7 Å². The van der Waals surface area contributed by atoms with Gasteiger partial charge in [0.25, 0.3) is 5.56 Å². The Balaban J connectivity index is 1.30. The van der Waals surface area contributed by atoms with Crippen LogP contribution in [0.2, 0.25) is 0 Å². The molecule has 1 aromatic carbocycles. The Morgan fingerprint density at radius 1 is 1.23 bits per heavy atom. The van der Waals surface area contributed by atoms with Crippen LogP contribution in [0, 0.1) is 5.92 Å². The highest BCUT2D eigenvalue weighted by Gasteiger charge is 2.41. The fraction of sp³-hybridized carbons (Fsp3) is 0.444. The summed E-state index contributed by atoms with van der Waals surface area (Å²) in [6.45, 7) is 6.68. The number of hydrogen-bond donors (Lipinski definition) is 1. The molecular weight excluding hydrogens is 440 g/mol. The van der Waals surface area contributed by atoms with E-state index in [1.165, 1.54) is 12.8 Å². The van der Waals surface area contributed by atoms with Crippen molar-refractivity contribution >= 4 is 10.9 Å². The molecule has 182 valence electrons. The number of nitrogens with zero attached hydrogens (tertiary/aromatic N) is 5. The van der Waals surface area contributed by atoms with Crippen LogP contribution in [0.25, 0.3) is 16.6 Å². The number of aromatic nitrogens is 5. The van der Waals surface area contributed by atoms with E-state index in [-0.39, 0.29) is 11.0 Å². The lowest BCUT2D eigenvalue weighted by Crippen LogP contribution is -2.49. The number of hydrogen-bond acceptors (Lipinski definition) is 5. The van der Waals surface area contributed by atoms with Crippen LogP contribution in [0.4, 0.5) is 0 Å². The van der Waals surface area contributed by atoms with Gasteiger partial charge < -0.3 is 14.3 Å². The molecule has 5 heterocycles. The molecule has 1 atom stereocenters. The Kier molecular flexibility index (Phi) is 5.57. The molecule has 2 aliphatic rings. The molecule has 0 saturated carbocycles. The zero-order chi connectivity index (χ0) is 24.0. The lowest BCUT2D eigenvalue weighted by atomic mass is 9.75. The van der Waals surface area contributed by atoms with Crippen molar-refractivity contribution in [2.24, 2.45) is 13.0 Å². The summed E-state index contributed by atoms with van der Waals surface area (Å²) in [5, 5.41) is 9.27. The maximum atomic E-state index is 13.5. The van der Waals surface area contributed by atoms with Gasteiger partial charge in [0, 0.05) is 54.9 Å². The monoisotopic (exact) mass is 472 g/mol. The van der Waals surface area contributed by atoms with Crippen LogP contribution >= 0.6 is 0 Å². The van der Waals surface area contributed by atoms with Gasteiger partial charge in [0.05, 0.1) is 13.2 Å². The van der Waals surface area contributed by atoms with Crippen molar-refractivity contribution in [1.29, 1.82) is 0 Å². The number of likely N-dealkylation sites (tertiary alicyclic amines) is 1. The predicted octanol–water partition coefficient (Wildman–Crippen LogP) is 3.19. The first kappa shape index (κ1) is 22.2. The van der Waals surface area contributed by atoms with Crippen molar-refractivity contribution in [2.75, 3.05) is 26.3 Å². The maximum absolute atomic E-state index is 13.5. The van der Waals surface area contributed by atoms with E-state index in [9.17, 15) is 4.79 Å². The Labute approximate surface area is 204 Å². The Morgan fingerprint density at radius 2 is 2.11 bits per heavy atom. The third-order valence-electron chi connectivity index (χ3n) is 7.67. The third kappa shape index (κ3) is 4.10. The summed E-state index contributed by atoms with van der Waals surface area (Å²) < 4.78 is 9.34. The van der Waals surface area contributed by atoms with Crippen molar-refractivity contribution in [2.45, 2.75) is 38.1 Å². The van der Waals surface area contributed by atoms with Crippen LogP contribution in [0.3, 0.4) is 0 Å². The molecule has 0 bridgehead atoms. The molecule has 8 nitrogen and oxygen atoms in total. The summed E-state index contributed by atoms with van der Waals surface area (Å²) in [6, 6.07) is 12.4. The average Bonchev–Trinajstić information content (AvgIpc) is 3.42. The minimum atomic E-state index is -0.157.